The molecule has 4 N–H and O–H groups in total. The average molecular weight is 281 g/mol. The molecule has 0 amide bonds. The summed E-state index contributed by atoms with van der Waals surface area (Å²) in [5, 5.41) is 11.4. The summed E-state index contributed by atoms with van der Waals surface area (Å²) in [7, 11) is 2.00. The first-order valence-corrected chi connectivity index (χ1v) is 7.02. The molecule has 5 heteroatoms. The van der Waals surface area contributed by atoms with Crippen LogP contribution < -0.4 is 16.0 Å². The highest BCUT2D eigenvalue weighted by molar-refractivity contribution is 6.31. The van der Waals surface area contributed by atoms with Crippen LogP contribution in [0.2, 0.25) is 5.02 Å². The van der Waals surface area contributed by atoms with Crippen LogP contribution in [0.15, 0.2) is 12.1 Å². The fourth-order valence-corrected chi connectivity index (χ4v) is 2.93. The summed E-state index contributed by atoms with van der Waals surface area (Å²) in [4.78, 5) is 2.29. The number of rotatable bonds is 4. The van der Waals surface area contributed by atoms with Crippen LogP contribution in [0.1, 0.15) is 18.4 Å². The number of nitrogens with two attached hydrogens (primary N) is 1. The van der Waals surface area contributed by atoms with Gasteiger partial charge >= 0.3 is 0 Å². The Morgan fingerprint density at radius 2 is 2.16 bits per heavy atom. The molecule has 1 aliphatic rings. The van der Waals surface area contributed by atoms with Crippen LogP contribution in [0.5, 0.6) is 0 Å². The molecule has 0 saturated carbocycles. The quantitative estimate of drug-likeness (QED) is 0.586. The van der Waals surface area contributed by atoms with E-state index < -0.39 is 0 Å². The molecule has 0 aromatic heterocycles. The maximum absolute atomic E-state index is 7.54. The van der Waals surface area contributed by atoms with E-state index in [4.69, 9.17) is 22.7 Å². The highest BCUT2D eigenvalue weighted by Gasteiger charge is 2.21. The number of anilines is 2. The van der Waals surface area contributed by atoms with E-state index in [1.807, 2.05) is 13.1 Å². The van der Waals surface area contributed by atoms with Crippen LogP contribution >= 0.6 is 11.6 Å². The van der Waals surface area contributed by atoms with Crippen molar-refractivity contribution in [1.82, 2.24) is 5.32 Å². The highest BCUT2D eigenvalue weighted by Crippen LogP contribution is 2.31. The largest absolute Gasteiger partial charge is 0.398 e. The van der Waals surface area contributed by atoms with Gasteiger partial charge < -0.3 is 21.4 Å². The molecular weight excluding hydrogens is 260 g/mol. The summed E-state index contributed by atoms with van der Waals surface area (Å²) in [6.07, 6.45) is 3.63. The number of benzene rings is 1. The number of nitrogens with one attached hydrogen (secondary N) is 2. The van der Waals surface area contributed by atoms with Gasteiger partial charge in [0.05, 0.1) is 0 Å². The maximum Gasteiger partial charge on any atom is 0.0491 e. The van der Waals surface area contributed by atoms with Gasteiger partial charge in [0.1, 0.15) is 0 Å². The van der Waals surface area contributed by atoms with Gasteiger partial charge in [-0.05, 0) is 44.5 Å². The van der Waals surface area contributed by atoms with Crippen molar-refractivity contribution in [3.05, 3.63) is 22.7 Å². The molecule has 104 valence electrons. The molecule has 0 aliphatic carbocycles. The Bertz CT molecular complexity index is 453. The van der Waals surface area contributed by atoms with Gasteiger partial charge in [0.15, 0.2) is 0 Å². The second kappa shape index (κ2) is 6.26. The molecule has 1 heterocycles. The van der Waals surface area contributed by atoms with Crippen molar-refractivity contribution in [2.45, 2.75) is 12.8 Å². The minimum atomic E-state index is 0.579. The van der Waals surface area contributed by atoms with E-state index in [9.17, 15) is 0 Å². The number of hydrogen-bond donors (Lipinski definition) is 3. The Morgan fingerprint density at radius 1 is 1.47 bits per heavy atom. The number of nitrogen functional groups attached to an aromatic ring is 1. The van der Waals surface area contributed by atoms with E-state index in [0.717, 1.165) is 49.6 Å². The molecule has 0 bridgehead atoms. The molecular formula is C14H21ClN4. The molecule has 19 heavy (non-hydrogen) atoms. The SMILES string of the molecule is CNCC1CCN(c2cc(Cl)cc(N)c2C=N)CC1. The molecule has 1 aromatic rings. The minimum absolute atomic E-state index is 0.579. The van der Waals surface area contributed by atoms with Crippen LogP contribution in [0.3, 0.4) is 0 Å². The minimum Gasteiger partial charge on any atom is -0.398 e. The van der Waals surface area contributed by atoms with Gasteiger partial charge in [-0.3, -0.25) is 0 Å². The van der Waals surface area contributed by atoms with Gasteiger partial charge in [0, 0.05) is 41.3 Å². The Balaban J connectivity index is 2.17. The zero-order chi connectivity index (χ0) is 13.8. The highest BCUT2D eigenvalue weighted by atomic mass is 35.5. The molecule has 1 aliphatic heterocycles. The molecule has 0 atom stereocenters. The lowest BCUT2D eigenvalue weighted by Crippen LogP contribution is -2.37. The second-order valence-corrected chi connectivity index (χ2v) is 5.50. The summed E-state index contributed by atoms with van der Waals surface area (Å²) in [5.41, 5.74) is 8.28. The van der Waals surface area contributed by atoms with Crippen molar-refractivity contribution in [2.24, 2.45) is 5.92 Å². The lowest BCUT2D eigenvalue weighted by atomic mass is 9.96. The van der Waals surface area contributed by atoms with Crippen molar-refractivity contribution < 1.29 is 0 Å². The summed E-state index contributed by atoms with van der Waals surface area (Å²) in [5.74, 6) is 0.737. The predicted octanol–water partition coefficient (Wildman–Crippen LogP) is 2.36. The Hall–Kier alpha value is -1.26. The van der Waals surface area contributed by atoms with Gasteiger partial charge in [0.2, 0.25) is 0 Å². The van der Waals surface area contributed by atoms with Crippen LogP contribution in [0.25, 0.3) is 0 Å². The summed E-state index contributed by atoms with van der Waals surface area (Å²) < 4.78 is 0. The van der Waals surface area contributed by atoms with E-state index in [-0.39, 0.29) is 0 Å². The zero-order valence-corrected chi connectivity index (χ0v) is 12.0. The molecule has 4 nitrogen and oxygen atoms in total. The number of halogens is 1. The van der Waals surface area contributed by atoms with Crippen molar-refractivity contribution in [3.63, 3.8) is 0 Å². The summed E-state index contributed by atoms with van der Waals surface area (Å²) in [6.45, 7) is 3.06. The lowest BCUT2D eigenvalue weighted by molar-refractivity contribution is 0.393. The first-order chi connectivity index (χ1) is 9.15. The number of nitrogens with zero attached hydrogens (tertiary/aromatic N) is 1. The van der Waals surface area contributed by atoms with Gasteiger partial charge in [-0.25, -0.2) is 0 Å². The zero-order valence-electron chi connectivity index (χ0n) is 11.2. The average Bonchev–Trinajstić information content (AvgIpc) is 2.39. The van der Waals surface area contributed by atoms with Gasteiger partial charge in [-0.1, -0.05) is 11.6 Å². The fourth-order valence-electron chi connectivity index (χ4n) is 2.71. The maximum atomic E-state index is 7.54. The van der Waals surface area contributed by atoms with Crippen LogP contribution in [-0.2, 0) is 0 Å². The molecule has 0 spiro atoms. The molecule has 1 saturated heterocycles. The molecule has 1 aromatic carbocycles. The Labute approximate surface area is 119 Å². The van der Waals surface area contributed by atoms with Crippen LogP contribution in [0.4, 0.5) is 11.4 Å². The normalized spacial score (nSPS) is 16.6. The van der Waals surface area contributed by atoms with Crippen LogP contribution in [-0.4, -0.2) is 32.9 Å². The Morgan fingerprint density at radius 3 is 2.74 bits per heavy atom. The molecule has 1 fully saturated rings. The third-order valence-electron chi connectivity index (χ3n) is 3.75. The van der Waals surface area contributed by atoms with Gasteiger partial charge in [-0.15, -0.1) is 0 Å². The van der Waals surface area contributed by atoms with E-state index >= 15 is 0 Å². The van der Waals surface area contributed by atoms with E-state index in [0.29, 0.717) is 10.7 Å². The first kappa shape index (κ1) is 14.2. The smallest absolute Gasteiger partial charge is 0.0491 e. The second-order valence-electron chi connectivity index (χ2n) is 5.06. The molecule has 0 radical (unpaired) electrons. The predicted molar refractivity (Wildman–Crippen MR) is 82.6 cm³/mol. The monoisotopic (exact) mass is 280 g/mol. The summed E-state index contributed by atoms with van der Waals surface area (Å²) >= 11 is 6.08. The van der Waals surface area contributed by atoms with Crippen molar-refractivity contribution in [2.75, 3.05) is 37.3 Å². The van der Waals surface area contributed by atoms with Crippen molar-refractivity contribution >= 4 is 29.2 Å². The third kappa shape index (κ3) is 3.19. The van der Waals surface area contributed by atoms with E-state index in [1.54, 1.807) is 6.07 Å². The van der Waals surface area contributed by atoms with E-state index in [2.05, 4.69) is 10.2 Å². The van der Waals surface area contributed by atoms with Gasteiger partial charge in [0.25, 0.3) is 0 Å². The van der Waals surface area contributed by atoms with Crippen LogP contribution in [0, 0.1) is 11.3 Å². The van der Waals surface area contributed by atoms with Crippen molar-refractivity contribution in [1.29, 1.82) is 5.41 Å². The number of hydrogen-bond acceptors (Lipinski definition) is 4. The standard InChI is InChI=1S/C14H21ClN4/c1-18-9-10-2-4-19(5-3-10)14-7-11(15)6-13(17)12(14)8-16/h6-8,10,16,18H,2-5,9,17H2,1H3. The topological polar surface area (TPSA) is 65.1 Å². The van der Waals surface area contributed by atoms with Gasteiger partial charge in [-0.2, -0.15) is 0 Å². The lowest BCUT2D eigenvalue weighted by Gasteiger charge is -2.34. The van der Waals surface area contributed by atoms with Crippen molar-refractivity contribution in [3.8, 4) is 0 Å². The fraction of sp³-hybridized carbons (Fsp3) is 0.500. The third-order valence-corrected chi connectivity index (χ3v) is 3.97. The Kier molecular flexibility index (Phi) is 4.66. The summed E-state index contributed by atoms with van der Waals surface area (Å²) in [6, 6.07) is 3.62. The molecule has 0 unspecified atom stereocenters. The number of piperidine rings is 1. The van der Waals surface area contributed by atoms with E-state index in [1.165, 1.54) is 6.21 Å². The molecule has 2 rings (SSSR count). The first-order valence-electron chi connectivity index (χ1n) is 6.64.